The second-order valence-electron chi connectivity index (χ2n) is 4.33. The van der Waals surface area contributed by atoms with Crippen LogP contribution in [0.25, 0.3) is 10.1 Å². The molecule has 0 spiro atoms. The van der Waals surface area contributed by atoms with Gasteiger partial charge in [-0.3, -0.25) is 4.39 Å². The Morgan fingerprint density at radius 1 is 1.35 bits per heavy atom. The lowest BCUT2D eigenvalue weighted by atomic mass is 9.93. The fraction of sp³-hybridized carbons (Fsp3) is 0.429. The van der Waals surface area contributed by atoms with Crippen LogP contribution in [0, 0.1) is 0 Å². The summed E-state index contributed by atoms with van der Waals surface area (Å²) in [4.78, 5) is 0. The normalized spacial score (nSPS) is 15.0. The Kier molecular flexibility index (Phi) is 4.13. The standard InChI is InChI=1S/C14H18FNS/c1-3-16-10(2)13(9-15)12-5-4-11-6-7-17-14(11)8-12/h4-8,10,13,16H,3,9H2,1-2H3. The largest absolute Gasteiger partial charge is 0.314 e. The Balaban J connectivity index is 2.28. The fourth-order valence-electron chi connectivity index (χ4n) is 2.18. The molecule has 0 aliphatic rings. The van der Waals surface area contributed by atoms with Crippen molar-refractivity contribution in [2.45, 2.75) is 25.8 Å². The van der Waals surface area contributed by atoms with E-state index in [0.717, 1.165) is 12.1 Å². The maximum Gasteiger partial charge on any atom is 0.0977 e. The maximum absolute atomic E-state index is 13.2. The molecule has 1 nitrogen and oxygen atoms in total. The van der Waals surface area contributed by atoms with E-state index in [4.69, 9.17) is 0 Å². The van der Waals surface area contributed by atoms with E-state index in [2.05, 4.69) is 28.9 Å². The molecule has 0 bridgehead atoms. The number of nitrogens with one attached hydrogen (secondary N) is 1. The summed E-state index contributed by atoms with van der Waals surface area (Å²) in [6.07, 6.45) is 0. The van der Waals surface area contributed by atoms with Crippen LogP contribution < -0.4 is 5.32 Å². The number of benzene rings is 1. The van der Waals surface area contributed by atoms with Crippen LogP contribution in [0.3, 0.4) is 0 Å². The first-order valence-corrected chi connectivity index (χ1v) is 6.90. The Labute approximate surface area is 106 Å². The van der Waals surface area contributed by atoms with Crippen LogP contribution in [0.5, 0.6) is 0 Å². The third-order valence-electron chi connectivity index (χ3n) is 3.20. The zero-order valence-corrected chi connectivity index (χ0v) is 11.1. The monoisotopic (exact) mass is 251 g/mol. The number of halogens is 1. The van der Waals surface area contributed by atoms with Gasteiger partial charge in [0, 0.05) is 16.7 Å². The predicted octanol–water partition coefficient (Wildman–Crippen LogP) is 3.95. The molecule has 0 saturated carbocycles. The summed E-state index contributed by atoms with van der Waals surface area (Å²) in [6, 6.07) is 8.53. The van der Waals surface area contributed by atoms with Gasteiger partial charge in [0.2, 0.25) is 0 Å². The fourth-order valence-corrected chi connectivity index (χ4v) is 3.02. The Morgan fingerprint density at radius 3 is 2.88 bits per heavy atom. The summed E-state index contributed by atoms with van der Waals surface area (Å²) in [6.45, 7) is 4.66. The molecule has 0 aliphatic heterocycles. The number of hydrogen-bond acceptors (Lipinski definition) is 2. The van der Waals surface area contributed by atoms with Crippen molar-refractivity contribution in [3.8, 4) is 0 Å². The number of fused-ring (bicyclic) bond motifs is 1. The van der Waals surface area contributed by atoms with Gasteiger partial charge in [-0.25, -0.2) is 0 Å². The van der Waals surface area contributed by atoms with Crippen molar-refractivity contribution < 1.29 is 4.39 Å². The van der Waals surface area contributed by atoms with Crippen molar-refractivity contribution in [1.29, 1.82) is 0 Å². The van der Waals surface area contributed by atoms with Gasteiger partial charge < -0.3 is 5.32 Å². The van der Waals surface area contributed by atoms with Crippen LogP contribution in [0.2, 0.25) is 0 Å². The van der Waals surface area contributed by atoms with Gasteiger partial charge in [0.05, 0.1) is 6.67 Å². The van der Waals surface area contributed by atoms with Crippen molar-refractivity contribution in [3.05, 3.63) is 35.2 Å². The smallest absolute Gasteiger partial charge is 0.0977 e. The first kappa shape index (κ1) is 12.5. The van der Waals surface area contributed by atoms with Crippen LogP contribution in [-0.2, 0) is 0 Å². The maximum atomic E-state index is 13.2. The molecular formula is C14H18FNS. The van der Waals surface area contributed by atoms with Gasteiger partial charge in [0.1, 0.15) is 0 Å². The summed E-state index contributed by atoms with van der Waals surface area (Å²) in [7, 11) is 0. The second-order valence-corrected chi connectivity index (χ2v) is 5.27. The third kappa shape index (κ3) is 2.67. The van der Waals surface area contributed by atoms with Crippen LogP contribution in [0.4, 0.5) is 4.39 Å². The van der Waals surface area contributed by atoms with Gasteiger partial charge in [0.15, 0.2) is 0 Å². The van der Waals surface area contributed by atoms with E-state index < -0.39 is 0 Å². The zero-order valence-electron chi connectivity index (χ0n) is 10.2. The van der Waals surface area contributed by atoms with E-state index in [1.807, 2.05) is 19.9 Å². The Morgan fingerprint density at radius 2 is 2.18 bits per heavy atom. The highest BCUT2D eigenvalue weighted by molar-refractivity contribution is 7.17. The molecule has 17 heavy (non-hydrogen) atoms. The molecule has 1 N–H and O–H groups in total. The molecule has 1 aromatic carbocycles. The molecular weight excluding hydrogens is 233 g/mol. The van der Waals surface area contributed by atoms with E-state index in [0.29, 0.717) is 0 Å². The van der Waals surface area contributed by atoms with Gasteiger partial charge in [0.25, 0.3) is 0 Å². The highest BCUT2D eigenvalue weighted by atomic mass is 32.1. The van der Waals surface area contributed by atoms with Crippen molar-refractivity contribution in [2.24, 2.45) is 0 Å². The summed E-state index contributed by atoms with van der Waals surface area (Å²) >= 11 is 1.71. The number of likely N-dealkylation sites (N-methyl/N-ethyl adjacent to an activating group) is 1. The molecule has 0 aliphatic carbocycles. The third-order valence-corrected chi connectivity index (χ3v) is 4.08. The quantitative estimate of drug-likeness (QED) is 0.848. The van der Waals surface area contributed by atoms with Crippen molar-refractivity contribution in [1.82, 2.24) is 5.32 Å². The predicted molar refractivity (Wildman–Crippen MR) is 73.7 cm³/mol. The Hall–Kier alpha value is -0.930. The molecule has 0 fully saturated rings. The first-order chi connectivity index (χ1) is 8.26. The van der Waals surface area contributed by atoms with Crippen molar-refractivity contribution >= 4 is 21.4 Å². The summed E-state index contributed by atoms with van der Waals surface area (Å²) in [5.41, 5.74) is 1.09. The topological polar surface area (TPSA) is 12.0 Å². The number of thiophene rings is 1. The molecule has 1 heterocycles. The molecule has 3 heteroatoms. The highest BCUT2D eigenvalue weighted by Gasteiger charge is 2.18. The number of alkyl halides is 1. The number of rotatable bonds is 5. The van der Waals surface area contributed by atoms with Crippen molar-refractivity contribution in [3.63, 3.8) is 0 Å². The lowest BCUT2D eigenvalue weighted by Gasteiger charge is -2.22. The molecule has 2 rings (SSSR count). The zero-order chi connectivity index (χ0) is 12.3. The highest BCUT2D eigenvalue weighted by Crippen LogP contribution is 2.27. The molecule has 92 valence electrons. The molecule has 0 amide bonds. The average Bonchev–Trinajstić information content (AvgIpc) is 2.77. The van der Waals surface area contributed by atoms with Crippen LogP contribution in [-0.4, -0.2) is 19.3 Å². The van der Waals surface area contributed by atoms with Crippen LogP contribution >= 0.6 is 11.3 Å². The molecule has 2 unspecified atom stereocenters. The molecule has 0 radical (unpaired) electrons. The van der Waals surface area contributed by atoms with Gasteiger partial charge in [-0.1, -0.05) is 19.1 Å². The molecule has 0 saturated heterocycles. The minimum absolute atomic E-state index is 0.0542. The van der Waals surface area contributed by atoms with E-state index in [9.17, 15) is 4.39 Å². The summed E-state index contributed by atoms with van der Waals surface area (Å²) < 4.78 is 14.4. The van der Waals surface area contributed by atoms with E-state index in [1.165, 1.54) is 10.1 Å². The molecule has 1 aromatic heterocycles. The van der Waals surface area contributed by atoms with E-state index in [-0.39, 0.29) is 18.6 Å². The molecule has 2 aromatic rings. The average molecular weight is 251 g/mol. The SMILES string of the molecule is CCNC(C)C(CF)c1ccc2ccsc2c1. The first-order valence-electron chi connectivity index (χ1n) is 6.02. The Bertz CT molecular complexity index is 480. The van der Waals surface area contributed by atoms with Crippen molar-refractivity contribution in [2.75, 3.05) is 13.2 Å². The molecule has 2 atom stereocenters. The van der Waals surface area contributed by atoms with E-state index >= 15 is 0 Å². The van der Waals surface area contributed by atoms with Crippen LogP contribution in [0.15, 0.2) is 29.6 Å². The minimum atomic E-state index is -0.314. The van der Waals surface area contributed by atoms with Gasteiger partial charge >= 0.3 is 0 Å². The number of hydrogen-bond donors (Lipinski definition) is 1. The summed E-state index contributed by atoms with van der Waals surface area (Å²) in [5.74, 6) is -0.0542. The van der Waals surface area contributed by atoms with Gasteiger partial charge in [-0.2, -0.15) is 0 Å². The lowest BCUT2D eigenvalue weighted by molar-refractivity contribution is 0.364. The van der Waals surface area contributed by atoms with Crippen LogP contribution in [0.1, 0.15) is 25.3 Å². The minimum Gasteiger partial charge on any atom is -0.314 e. The summed E-state index contributed by atoms with van der Waals surface area (Å²) in [5, 5.41) is 6.62. The second kappa shape index (κ2) is 5.61. The van der Waals surface area contributed by atoms with E-state index in [1.54, 1.807) is 11.3 Å². The van der Waals surface area contributed by atoms with Gasteiger partial charge in [-0.15, -0.1) is 11.3 Å². The van der Waals surface area contributed by atoms with Gasteiger partial charge in [-0.05, 0) is 41.9 Å². The lowest BCUT2D eigenvalue weighted by Crippen LogP contribution is -2.33.